The van der Waals surface area contributed by atoms with Gasteiger partial charge in [0, 0.05) is 16.0 Å². The Morgan fingerprint density at radius 1 is 0.868 bits per heavy atom. The molecule has 0 unspecified atom stereocenters. The Kier molecular flexibility index (Phi) is 4.99. The normalized spacial score (nSPS) is 19.9. The van der Waals surface area contributed by atoms with Gasteiger partial charge in [0.15, 0.2) is 0 Å². The first-order valence-corrected chi connectivity index (χ1v) is 12.7. The first kappa shape index (κ1) is 22.8. The molecule has 3 N–H and O–H groups in total. The number of anilines is 3. The Labute approximate surface area is 220 Å². The highest BCUT2D eigenvalue weighted by atomic mass is 32.2. The Morgan fingerprint density at radius 2 is 1.66 bits per heavy atom. The summed E-state index contributed by atoms with van der Waals surface area (Å²) in [6.45, 7) is 0. The van der Waals surface area contributed by atoms with Crippen LogP contribution in [0.3, 0.4) is 0 Å². The minimum Gasteiger partial charge on any atom is -0.460 e. The quantitative estimate of drug-likeness (QED) is 0.245. The smallest absolute Gasteiger partial charge is 0.416 e. The molecular weight excluding hydrogens is 509 g/mol. The van der Waals surface area contributed by atoms with E-state index < -0.39 is 17.7 Å². The van der Waals surface area contributed by atoms with Gasteiger partial charge in [0.2, 0.25) is 0 Å². The molecule has 9 heteroatoms. The fourth-order valence-electron chi connectivity index (χ4n) is 5.00. The molecule has 188 valence electrons. The molecule has 0 spiro atoms. The molecule has 4 aromatic rings. The Balaban J connectivity index is 1.34. The third kappa shape index (κ3) is 3.61. The lowest BCUT2D eigenvalue weighted by Gasteiger charge is -2.31. The fraction of sp³-hybridized carbons (Fsp3) is 0.0690. The maximum atomic E-state index is 13.3. The van der Waals surface area contributed by atoms with Crippen LogP contribution >= 0.6 is 11.8 Å². The number of nitrogens with zero attached hydrogens (tertiary/aromatic N) is 1. The number of hydrogen-bond acceptors (Lipinski definition) is 5. The second kappa shape index (κ2) is 8.32. The van der Waals surface area contributed by atoms with E-state index in [-0.39, 0.29) is 0 Å². The van der Waals surface area contributed by atoms with Gasteiger partial charge in [-0.1, -0.05) is 48.2 Å². The van der Waals surface area contributed by atoms with Crippen molar-refractivity contribution in [1.82, 2.24) is 0 Å². The molecule has 4 heterocycles. The van der Waals surface area contributed by atoms with Gasteiger partial charge in [0.05, 0.1) is 33.6 Å². The van der Waals surface area contributed by atoms with Crippen molar-refractivity contribution in [3.05, 3.63) is 119 Å². The molecule has 1 atom stereocenters. The molecule has 3 aliphatic heterocycles. The second-order valence-corrected chi connectivity index (χ2v) is 10.2. The average Bonchev–Trinajstić information content (AvgIpc) is 3.64. The molecule has 3 aliphatic rings. The minimum absolute atomic E-state index is 0.296. The van der Waals surface area contributed by atoms with E-state index in [2.05, 4.69) is 10.6 Å². The molecule has 0 saturated carbocycles. The van der Waals surface area contributed by atoms with Crippen molar-refractivity contribution in [3.63, 3.8) is 0 Å². The van der Waals surface area contributed by atoms with Gasteiger partial charge in [0.1, 0.15) is 23.2 Å². The highest BCUT2D eigenvalue weighted by Gasteiger charge is 2.40. The highest BCUT2D eigenvalue weighted by molar-refractivity contribution is 8.03. The van der Waals surface area contributed by atoms with Crippen molar-refractivity contribution < 1.29 is 17.6 Å². The number of hydrogen-bond donors (Lipinski definition) is 3. The van der Waals surface area contributed by atoms with Crippen molar-refractivity contribution in [3.8, 4) is 11.3 Å². The van der Waals surface area contributed by atoms with Gasteiger partial charge < -0.3 is 15.1 Å². The van der Waals surface area contributed by atoms with Crippen LogP contribution in [-0.4, -0.2) is 5.84 Å². The van der Waals surface area contributed by atoms with Crippen molar-refractivity contribution in [1.29, 1.82) is 5.41 Å². The third-order valence-electron chi connectivity index (χ3n) is 6.76. The van der Waals surface area contributed by atoms with Gasteiger partial charge in [-0.15, -0.1) is 0 Å². The second-order valence-electron chi connectivity index (χ2n) is 9.10. The van der Waals surface area contributed by atoms with Crippen LogP contribution in [0.15, 0.2) is 117 Å². The summed E-state index contributed by atoms with van der Waals surface area (Å²) in [6, 6.07) is 24.3. The summed E-state index contributed by atoms with van der Waals surface area (Å²) in [4.78, 5) is 2.93. The van der Waals surface area contributed by atoms with E-state index in [1.165, 1.54) is 6.07 Å². The number of halogens is 3. The number of amidine groups is 1. The monoisotopic (exact) mass is 528 g/mol. The number of furan rings is 1. The number of fused-ring (bicyclic) bond motifs is 4. The van der Waals surface area contributed by atoms with Crippen LogP contribution in [0.2, 0.25) is 0 Å². The van der Waals surface area contributed by atoms with Gasteiger partial charge in [0.25, 0.3) is 0 Å². The zero-order valence-electron chi connectivity index (χ0n) is 19.6. The summed E-state index contributed by atoms with van der Waals surface area (Å²) in [5, 5.41) is 17.0. The standard InChI is InChI=1S/C29H19F3N4OS/c30-29(31,32)17-7-5-6-16(14-17)22-12-13-23(37-22)18-15-25-34-19-8-1-3-10-21(19)36(25)27(33)26(18)28-35-20-9-2-4-11-24(20)38-28/h1-15,18,33-35H/t18-/m0/s1. The number of thioether (sulfide) groups is 1. The topological polar surface area (TPSA) is 64.3 Å². The zero-order chi connectivity index (χ0) is 26.0. The molecule has 0 aliphatic carbocycles. The van der Waals surface area contributed by atoms with Crippen LogP contribution in [0.5, 0.6) is 0 Å². The van der Waals surface area contributed by atoms with E-state index >= 15 is 0 Å². The molecule has 3 aromatic carbocycles. The van der Waals surface area contributed by atoms with Crippen molar-refractivity contribution >= 4 is 34.7 Å². The number of benzene rings is 3. The fourth-order valence-corrected chi connectivity index (χ4v) is 6.09. The number of para-hydroxylation sites is 3. The largest absolute Gasteiger partial charge is 0.460 e. The van der Waals surface area contributed by atoms with E-state index in [9.17, 15) is 18.6 Å². The van der Waals surface area contributed by atoms with Crippen LogP contribution in [0.4, 0.5) is 30.2 Å². The average molecular weight is 529 g/mol. The zero-order valence-corrected chi connectivity index (χ0v) is 20.5. The summed E-state index contributed by atoms with van der Waals surface area (Å²) in [7, 11) is 0. The van der Waals surface area contributed by atoms with E-state index in [4.69, 9.17) is 4.42 Å². The lowest BCUT2D eigenvalue weighted by molar-refractivity contribution is -0.137. The van der Waals surface area contributed by atoms with Crippen LogP contribution in [0.1, 0.15) is 17.2 Å². The molecule has 0 radical (unpaired) electrons. The van der Waals surface area contributed by atoms with Crippen molar-refractivity contribution in [2.45, 2.75) is 17.0 Å². The van der Waals surface area contributed by atoms with Gasteiger partial charge in [-0.2, -0.15) is 13.2 Å². The lowest BCUT2D eigenvalue weighted by atomic mass is 9.91. The Hall–Kier alpha value is -4.37. The predicted octanol–water partition coefficient (Wildman–Crippen LogP) is 8.24. The summed E-state index contributed by atoms with van der Waals surface area (Å²) in [5.41, 5.74) is 3.07. The van der Waals surface area contributed by atoms with Gasteiger partial charge in [-0.3, -0.25) is 10.3 Å². The summed E-state index contributed by atoms with van der Waals surface area (Å²) < 4.78 is 46.1. The Morgan fingerprint density at radius 3 is 2.47 bits per heavy atom. The van der Waals surface area contributed by atoms with E-state index in [0.717, 1.165) is 50.5 Å². The van der Waals surface area contributed by atoms with Crippen LogP contribution in [0.25, 0.3) is 11.3 Å². The Bertz CT molecular complexity index is 1660. The molecule has 0 amide bonds. The van der Waals surface area contributed by atoms with Gasteiger partial charge >= 0.3 is 6.18 Å². The molecular formula is C29H19F3N4OS. The van der Waals surface area contributed by atoms with Crippen molar-refractivity contribution in [2.75, 3.05) is 15.5 Å². The van der Waals surface area contributed by atoms with Crippen LogP contribution < -0.4 is 15.5 Å². The van der Waals surface area contributed by atoms with E-state index in [1.807, 2.05) is 59.5 Å². The number of allylic oxidation sites excluding steroid dienone is 1. The molecule has 0 fully saturated rings. The van der Waals surface area contributed by atoms with Crippen LogP contribution in [-0.2, 0) is 6.18 Å². The highest BCUT2D eigenvalue weighted by Crippen LogP contribution is 2.50. The first-order chi connectivity index (χ1) is 18.4. The summed E-state index contributed by atoms with van der Waals surface area (Å²) in [6.07, 6.45) is -2.45. The van der Waals surface area contributed by atoms with E-state index in [0.29, 0.717) is 22.9 Å². The molecule has 7 rings (SSSR count). The van der Waals surface area contributed by atoms with Gasteiger partial charge in [-0.25, -0.2) is 0 Å². The molecule has 38 heavy (non-hydrogen) atoms. The number of nitrogens with one attached hydrogen (secondary N) is 3. The molecule has 1 aromatic heterocycles. The summed E-state index contributed by atoms with van der Waals surface area (Å²) in [5.74, 6) is 1.46. The van der Waals surface area contributed by atoms with Gasteiger partial charge in [-0.05, 0) is 54.6 Å². The SMILES string of the molecule is N=C1C(=C2Nc3ccccc3S2)[C@H](c2ccc(-c3cccc(C(F)(F)F)c3)o2)C=C2Nc3ccccc3N12. The number of rotatable bonds is 2. The first-order valence-electron chi connectivity index (χ1n) is 11.9. The van der Waals surface area contributed by atoms with Crippen molar-refractivity contribution in [2.24, 2.45) is 0 Å². The summed E-state index contributed by atoms with van der Waals surface area (Å²) >= 11 is 1.55. The molecule has 0 saturated heterocycles. The number of alkyl halides is 3. The van der Waals surface area contributed by atoms with E-state index in [1.54, 1.807) is 30.0 Å². The minimum atomic E-state index is -4.45. The maximum absolute atomic E-state index is 13.3. The maximum Gasteiger partial charge on any atom is 0.416 e. The third-order valence-corrected chi connectivity index (χ3v) is 7.86. The predicted molar refractivity (Wildman–Crippen MR) is 143 cm³/mol. The van der Waals surface area contributed by atoms with Crippen LogP contribution in [0, 0.1) is 5.41 Å². The molecule has 5 nitrogen and oxygen atoms in total. The molecule has 0 bridgehead atoms. The lowest BCUT2D eigenvalue weighted by Crippen LogP contribution is -2.36.